The molecule has 0 aliphatic carbocycles. The van der Waals surface area contributed by atoms with Crippen molar-refractivity contribution in [2.24, 2.45) is 0 Å². The van der Waals surface area contributed by atoms with E-state index in [0.29, 0.717) is 23.5 Å². The van der Waals surface area contributed by atoms with Gasteiger partial charge in [-0.2, -0.15) is 0 Å². The number of phosphoric ester groups is 1. The molecule has 1 saturated heterocycles. The minimum absolute atomic E-state index is 0.0539. The zero-order chi connectivity index (χ0) is 21.2. The average Bonchev–Trinajstić information content (AvgIpc) is 3.22. The highest BCUT2D eigenvalue weighted by molar-refractivity contribution is 7.46. The van der Waals surface area contributed by atoms with E-state index in [1.165, 1.54) is 17.2 Å². The largest absolute Gasteiger partial charge is 0.469 e. The number of aliphatic hydroxyl groups is 3. The van der Waals surface area contributed by atoms with E-state index in [0.717, 1.165) is 5.57 Å². The summed E-state index contributed by atoms with van der Waals surface area (Å²) in [6, 6.07) is 0. The second kappa shape index (κ2) is 8.81. The lowest BCUT2D eigenvalue weighted by Gasteiger charge is -2.16. The fraction of sp³-hybridized carbons (Fsp3) is 0.533. The van der Waals surface area contributed by atoms with Crippen LogP contribution in [0.15, 0.2) is 24.3 Å². The topological polar surface area (TPSA) is 192 Å². The Morgan fingerprint density at radius 1 is 1.34 bits per heavy atom. The first-order valence-corrected chi connectivity index (χ1v) is 10.1. The second-order valence-electron chi connectivity index (χ2n) is 6.47. The van der Waals surface area contributed by atoms with E-state index in [1.807, 2.05) is 0 Å². The lowest BCUT2D eigenvalue weighted by atomic mass is 10.1. The Morgan fingerprint density at radius 2 is 2.10 bits per heavy atom. The lowest BCUT2D eigenvalue weighted by molar-refractivity contribution is -0.0504. The van der Waals surface area contributed by atoms with Crippen molar-refractivity contribution in [1.29, 1.82) is 0 Å². The fourth-order valence-corrected chi connectivity index (χ4v) is 3.16. The molecular weight excluding hydrogens is 409 g/mol. The van der Waals surface area contributed by atoms with Crippen molar-refractivity contribution in [3.63, 3.8) is 0 Å². The summed E-state index contributed by atoms with van der Waals surface area (Å²) in [5.41, 5.74) is 1.49. The fourth-order valence-electron chi connectivity index (χ4n) is 2.82. The molecule has 3 rings (SSSR count). The van der Waals surface area contributed by atoms with Crippen molar-refractivity contribution in [3.8, 4) is 0 Å². The molecule has 13 nitrogen and oxygen atoms in total. The number of nitrogens with one attached hydrogen (secondary N) is 1. The van der Waals surface area contributed by atoms with Crippen LogP contribution in [-0.4, -0.2) is 82.7 Å². The van der Waals surface area contributed by atoms with E-state index in [4.69, 9.17) is 19.6 Å². The zero-order valence-electron chi connectivity index (χ0n) is 15.4. The van der Waals surface area contributed by atoms with Crippen LogP contribution in [0.2, 0.25) is 0 Å². The molecule has 1 fully saturated rings. The highest BCUT2D eigenvalue weighted by atomic mass is 31.2. The Kier molecular flexibility index (Phi) is 6.61. The van der Waals surface area contributed by atoms with Gasteiger partial charge in [-0.05, 0) is 6.92 Å². The molecule has 160 valence electrons. The zero-order valence-corrected chi connectivity index (χ0v) is 16.3. The van der Waals surface area contributed by atoms with Crippen molar-refractivity contribution in [2.75, 3.05) is 25.1 Å². The van der Waals surface area contributed by atoms with Crippen LogP contribution in [0.4, 0.5) is 5.82 Å². The van der Waals surface area contributed by atoms with Crippen LogP contribution < -0.4 is 5.32 Å². The van der Waals surface area contributed by atoms with Crippen LogP contribution in [0.3, 0.4) is 0 Å². The Morgan fingerprint density at radius 3 is 2.79 bits per heavy atom. The van der Waals surface area contributed by atoms with E-state index in [1.54, 1.807) is 13.0 Å². The molecule has 0 amide bonds. The number of nitrogens with zero attached hydrogens (tertiary/aromatic N) is 4. The van der Waals surface area contributed by atoms with Gasteiger partial charge in [0.15, 0.2) is 23.2 Å². The quantitative estimate of drug-likeness (QED) is 0.219. The molecule has 2 aromatic rings. The molecular formula is C15H22N5O8P. The third-order valence-corrected chi connectivity index (χ3v) is 4.83. The predicted molar refractivity (Wildman–Crippen MR) is 98.6 cm³/mol. The number of phosphoric acid groups is 1. The van der Waals surface area contributed by atoms with Gasteiger partial charge in [0.25, 0.3) is 0 Å². The number of aromatic nitrogens is 4. The Bertz CT molecular complexity index is 931. The predicted octanol–water partition coefficient (Wildman–Crippen LogP) is -1.09. The molecule has 2 aromatic heterocycles. The number of hydrogen-bond donors (Lipinski definition) is 6. The smallest absolute Gasteiger partial charge is 0.392 e. The number of rotatable bonds is 8. The molecule has 6 N–H and O–H groups in total. The van der Waals surface area contributed by atoms with Gasteiger partial charge in [-0.1, -0.05) is 11.6 Å². The molecule has 1 aliphatic rings. The molecule has 1 aliphatic heterocycles. The van der Waals surface area contributed by atoms with Crippen LogP contribution in [0, 0.1) is 0 Å². The second-order valence-corrected chi connectivity index (χ2v) is 7.71. The van der Waals surface area contributed by atoms with Crippen molar-refractivity contribution < 1.29 is 38.9 Å². The molecule has 0 bridgehead atoms. The SMILES string of the molecule is C/C(=C\CNc1ncnc2c1ncn2[C@@H]1O[C@H](COP(=O)(O)O)[C@@H](O)[C@H]1O)CO. The van der Waals surface area contributed by atoms with E-state index in [-0.39, 0.29) is 6.61 Å². The summed E-state index contributed by atoms with van der Waals surface area (Å²) < 4.78 is 22.2. The Balaban J connectivity index is 1.80. The van der Waals surface area contributed by atoms with Crippen molar-refractivity contribution in [3.05, 3.63) is 24.3 Å². The van der Waals surface area contributed by atoms with Gasteiger partial charge in [0.2, 0.25) is 0 Å². The third-order valence-electron chi connectivity index (χ3n) is 4.35. The average molecular weight is 431 g/mol. The molecule has 14 heteroatoms. The first-order chi connectivity index (χ1) is 13.7. The van der Waals surface area contributed by atoms with E-state index >= 15 is 0 Å². The molecule has 29 heavy (non-hydrogen) atoms. The number of aliphatic hydroxyl groups excluding tert-OH is 3. The lowest BCUT2D eigenvalue weighted by Crippen LogP contribution is -2.33. The molecule has 0 unspecified atom stereocenters. The highest BCUT2D eigenvalue weighted by Crippen LogP contribution is 2.38. The summed E-state index contributed by atoms with van der Waals surface area (Å²) >= 11 is 0. The van der Waals surface area contributed by atoms with Gasteiger partial charge in [0, 0.05) is 6.54 Å². The summed E-state index contributed by atoms with van der Waals surface area (Å²) in [5, 5.41) is 32.5. The molecule has 4 atom stereocenters. The number of ether oxygens (including phenoxy) is 1. The van der Waals surface area contributed by atoms with Gasteiger partial charge in [-0.3, -0.25) is 9.09 Å². The van der Waals surface area contributed by atoms with Gasteiger partial charge in [0.05, 0.1) is 19.5 Å². The summed E-state index contributed by atoms with van der Waals surface area (Å²) in [7, 11) is -4.75. The standard InChI is InChI=1S/C15H22N5O8P/c1-8(4-21)2-3-16-13-10-14(18-6-17-13)20(7-19-10)15-12(23)11(22)9(28-15)5-27-29(24,25)26/h2,6-7,9,11-12,15,21-23H,3-5H2,1H3,(H,16,17,18)(H2,24,25,26)/b8-2+/t9-,11-,12-,15-/m1/s1. The molecule has 0 aromatic carbocycles. The van der Waals surface area contributed by atoms with Crippen LogP contribution in [-0.2, 0) is 13.8 Å². The maximum absolute atomic E-state index is 10.9. The van der Waals surface area contributed by atoms with Crippen molar-refractivity contribution in [2.45, 2.75) is 31.5 Å². The van der Waals surface area contributed by atoms with Crippen LogP contribution >= 0.6 is 7.82 Å². The van der Waals surface area contributed by atoms with Crippen LogP contribution in [0.25, 0.3) is 11.2 Å². The van der Waals surface area contributed by atoms with Gasteiger partial charge in [-0.25, -0.2) is 19.5 Å². The van der Waals surface area contributed by atoms with Crippen LogP contribution in [0.1, 0.15) is 13.2 Å². The number of anilines is 1. The van der Waals surface area contributed by atoms with E-state index < -0.39 is 39.0 Å². The molecule has 0 radical (unpaired) electrons. The molecule has 0 spiro atoms. The normalized spacial score (nSPS) is 25.7. The minimum Gasteiger partial charge on any atom is -0.392 e. The van der Waals surface area contributed by atoms with Crippen molar-refractivity contribution >= 4 is 24.8 Å². The molecule has 0 saturated carbocycles. The van der Waals surface area contributed by atoms with Crippen molar-refractivity contribution in [1.82, 2.24) is 19.5 Å². The van der Waals surface area contributed by atoms with Gasteiger partial charge >= 0.3 is 7.82 Å². The first-order valence-electron chi connectivity index (χ1n) is 8.61. The summed E-state index contributed by atoms with van der Waals surface area (Å²) in [6.07, 6.45) is -0.666. The summed E-state index contributed by atoms with van der Waals surface area (Å²) in [4.78, 5) is 30.1. The summed E-state index contributed by atoms with van der Waals surface area (Å²) in [5.74, 6) is 0.421. The number of imidazole rings is 1. The minimum atomic E-state index is -4.75. The molecule has 3 heterocycles. The Hall–Kier alpha value is -1.96. The van der Waals surface area contributed by atoms with E-state index in [2.05, 4.69) is 24.8 Å². The Labute approximate surface area is 164 Å². The first kappa shape index (κ1) is 21.7. The van der Waals surface area contributed by atoms with E-state index in [9.17, 15) is 14.8 Å². The number of hydrogen-bond acceptors (Lipinski definition) is 10. The van der Waals surface area contributed by atoms with Crippen LogP contribution in [0.5, 0.6) is 0 Å². The number of fused-ring (bicyclic) bond motifs is 1. The van der Waals surface area contributed by atoms with Gasteiger partial charge in [-0.15, -0.1) is 0 Å². The van der Waals surface area contributed by atoms with Gasteiger partial charge in [0.1, 0.15) is 24.6 Å². The maximum Gasteiger partial charge on any atom is 0.469 e. The third kappa shape index (κ3) is 4.97. The summed E-state index contributed by atoms with van der Waals surface area (Å²) in [6.45, 7) is 1.52. The monoisotopic (exact) mass is 431 g/mol. The highest BCUT2D eigenvalue weighted by Gasteiger charge is 2.45. The maximum atomic E-state index is 10.9. The van der Waals surface area contributed by atoms with Gasteiger partial charge < -0.3 is 35.2 Å².